The van der Waals surface area contributed by atoms with Crippen LogP contribution >= 0.6 is 0 Å². The minimum absolute atomic E-state index is 0.664. The predicted molar refractivity (Wildman–Crippen MR) is 49.6 cm³/mol. The third-order valence-corrected chi connectivity index (χ3v) is 1.25. The number of nitrogens with two attached hydrogens (primary N) is 1. The van der Waals surface area contributed by atoms with E-state index in [4.69, 9.17) is 5.84 Å². The van der Waals surface area contributed by atoms with Gasteiger partial charge in [-0.15, -0.1) is 0 Å². The molecule has 0 amide bonds. The normalized spacial score (nSPS) is 10.1. The van der Waals surface area contributed by atoms with E-state index < -0.39 is 0 Å². The number of anilines is 1. The Morgan fingerprint density at radius 1 is 1.58 bits per heavy atom. The summed E-state index contributed by atoms with van der Waals surface area (Å²) < 4.78 is 0. The summed E-state index contributed by atoms with van der Waals surface area (Å²) in [6.07, 6.45) is 4.74. The van der Waals surface area contributed by atoms with Gasteiger partial charge in [-0.2, -0.15) is 0 Å². The lowest BCUT2D eigenvalue weighted by Crippen LogP contribution is -2.24. The fourth-order valence-electron chi connectivity index (χ4n) is 0.702. The van der Waals surface area contributed by atoms with Crippen LogP contribution in [0.3, 0.4) is 0 Å². The van der Waals surface area contributed by atoms with Crippen LogP contribution in [0.25, 0.3) is 0 Å². The smallest absolute Gasteiger partial charge is 0.146 e. The maximum Gasteiger partial charge on any atom is 0.146 e. The highest BCUT2D eigenvalue weighted by Crippen LogP contribution is 2.03. The van der Waals surface area contributed by atoms with Crippen LogP contribution in [0.1, 0.15) is 0 Å². The van der Waals surface area contributed by atoms with Gasteiger partial charge in [-0.1, -0.05) is 6.07 Å². The number of hydrogen-bond acceptors (Lipinski definition) is 4. The first-order valence-electron chi connectivity index (χ1n) is 3.42. The molecule has 0 saturated carbocycles. The maximum atomic E-state index is 5.58. The SMILES string of the molecule is C=N/C=C\N(N)c1ccccn1. The Labute approximate surface area is 71.0 Å². The first kappa shape index (κ1) is 8.42. The van der Waals surface area contributed by atoms with E-state index >= 15 is 0 Å². The molecule has 0 unspecified atom stereocenters. The van der Waals surface area contributed by atoms with Gasteiger partial charge in [0.1, 0.15) is 5.82 Å². The quantitative estimate of drug-likeness (QED) is 0.408. The van der Waals surface area contributed by atoms with Gasteiger partial charge in [0.05, 0.1) is 0 Å². The summed E-state index contributed by atoms with van der Waals surface area (Å²) in [5.74, 6) is 6.24. The second kappa shape index (κ2) is 4.25. The summed E-state index contributed by atoms with van der Waals surface area (Å²) >= 11 is 0. The molecule has 62 valence electrons. The number of rotatable bonds is 3. The molecule has 1 aromatic heterocycles. The van der Waals surface area contributed by atoms with E-state index in [9.17, 15) is 0 Å². The molecule has 0 aliphatic heterocycles. The summed E-state index contributed by atoms with van der Waals surface area (Å²) in [4.78, 5) is 7.54. The van der Waals surface area contributed by atoms with Crippen molar-refractivity contribution in [2.45, 2.75) is 0 Å². The van der Waals surface area contributed by atoms with Crippen LogP contribution in [0.15, 0.2) is 41.8 Å². The Balaban J connectivity index is 2.71. The number of aromatic nitrogens is 1. The topological polar surface area (TPSA) is 54.5 Å². The highest BCUT2D eigenvalue weighted by atomic mass is 15.4. The van der Waals surface area contributed by atoms with Gasteiger partial charge in [-0.3, -0.25) is 10.0 Å². The number of hydrazine groups is 1. The van der Waals surface area contributed by atoms with E-state index in [2.05, 4.69) is 16.7 Å². The molecule has 0 atom stereocenters. The number of pyridine rings is 1. The average Bonchev–Trinajstić information content (AvgIpc) is 2.15. The second-order valence-corrected chi connectivity index (χ2v) is 2.08. The molecule has 0 bridgehead atoms. The first-order chi connectivity index (χ1) is 5.84. The highest BCUT2D eigenvalue weighted by molar-refractivity contribution is 5.39. The van der Waals surface area contributed by atoms with Crippen molar-refractivity contribution in [2.24, 2.45) is 10.8 Å². The van der Waals surface area contributed by atoms with Gasteiger partial charge in [-0.05, 0) is 18.9 Å². The van der Waals surface area contributed by atoms with E-state index in [-0.39, 0.29) is 0 Å². The average molecular weight is 162 g/mol. The largest absolute Gasteiger partial charge is 0.271 e. The molecular formula is C8H10N4. The number of hydrogen-bond donors (Lipinski definition) is 1. The Morgan fingerprint density at radius 2 is 2.42 bits per heavy atom. The first-order valence-corrected chi connectivity index (χ1v) is 3.42. The van der Waals surface area contributed by atoms with Crippen molar-refractivity contribution in [3.63, 3.8) is 0 Å². The van der Waals surface area contributed by atoms with Crippen LogP contribution in [-0.2, 0) is 0 Å². The molecular weight excluding hydrogens is 152 g/mol. The van der Waals surface area contributed by atoms with Crippen molar-refractivity contribution in [1.29, 1.82) is 0 Å². The molecule has 0 aliphatic rings. The third kappa shape index (κ3) is 2.17. The van der Waals surface area contributed by atoms with Crippen LogP contribution < -0.4 is 10.9 Å². The predicted octanol–water partition coefficient (Wildman–Crippen LogP) is 0.934. The molecule has 0 saturated heterocycles. The summed E-state index contributed by atoms with van der Waals surface area (Å²) in [5, 5.41) is 1.37. The summed E-state index contributed by atoms with van der Waals surface area (Å²) in [6.45, 7) is 3.29. The van der Waals surface area contributed by atoms with Crippen molar-refractivity contribution in [1.82, 2.24) is 4.98 Å². The molecule has 1 aromatic rings. The van der Waals surface area contributed by atoms with Gasteiger partial charge in [0.15, 0.2) is 0 Å². The van der Waals surface area contributed by atoms with Gasteiger partial charge in [0, 0.05) is 18.6 Å². The van der Waals surface area contributed by atoms with Crippen LogP contribution in [0.4, 0.5) is 5.82 Å². The fraction of sp³-hybridized carbons (Fsp3) is 0. The van der Waals surface area contributed by atoms with Crippen molar-refractivity contribution in [2.75, 3.05) is 5.01 Å². The van der Waals surface area contributed by atoms with Gasteiger partial charge >= 0.3 is 0 Å². The lowest BCUT2D eigenvalue weighted by atomic mass is 10.4. The zero-order valence-electron chi connectivity index (χ0n) is 6.59. The maximum absolute atomic E-state index is 5.58. The van der Waals surface area contributed by atoms with E-state index in [1.165, 1.54) is 11.2 Å². The minimum atomic E-state index is 0.664. The zero-order chi connectivity index (χ0) is 8.81. The highest BCUT2D eigenvalue weighted by Gasteiger charge is 1.94. The molecule has 0 aromatic carbocycles. The fourth-order valence-corrected chi connectivity index (χ4v) is 0.702. The van der Waals surface area contributed by atoms with E-state index in [0.717, 1.165) is 0 Å². The van der Waals surface area contributed by atoms with Crippen LogP contribution in [0.5, 0.6) is 0 Å². The number of aliphatic imine (C=N–C) groups is 1. The molecule has 0 aliphatic carbocycles. The lowest BCUT2D eigenvalue weighted by Gasteiger charge is -2.10. The molecule has 1 heterocycles. The zero-order valence-corrected chi connectivity index (χ0v) is 6.59. The number of nitrogens with zero attached hydrogens (tertiary/aromatic N) is 3. The molecule has 0 spiro atoms. The summed E-state index contributed by atoms with van der Waals surface area (Å²) in [5.41, 5.74) is 0. The van der Waals surface area contributed by atoms with Crippen LogP contribution in [0.2, 0.25) is 0 Å². The Bertz CT molecular complexity index is 268. The van der Waals surface area contributed by atoms with Gasteiger partial charge in [-0.25, -0.2) is 10.8 Å². The molecule has 0 radical (unpaired) electrons. The molecule has 2 N–H and O–H groups in total. The second-order valence-electron chi connectivity index (χ2n) is 2.08. The lowest BCUT2D eigenvalue weighted by molar-refractivity contribution is 1.02. The van der Waals surface area contributed by atoms with Crippen molar-refractivity contribution >= 4 is 12.5 Å². The Hall–Kier alpha value is -1.68. The molecule has 12 heavy (non-hydrogen) atoms. The van der Waals surface area contributed by atoms with E-state index in [0.29, 0.717) is 5.82 Å². The summed E-state index contributed by atoms with van der Waals surface area (Å²) in [7, 11) is 0. The third-order valence-electron chi connectivity index (χ3n) is 1.25. The van der Waals surface area contributed by atoms with E-state index in [1.807, 2.05) is 12.1 Å². The Morgan fingerprint density at radius 3 is 3.00 bits per heavy atom. The molecule has 1 rings (SSSR count). The molecule has 4 nitrogen and oxygen atoms in total. The van der Waals surface area contributed by atoms with E-state index in [1.54, 1.807) is 18.5 Å². The minimum Gasteiger partial charge on any atom is -0.271 e. The van der Waals surface area contributed by atoms with Gasteiger partial charge < -0.3 is 0 Å². The molecule has 0 fully saturated rings. The van der Waals surface area contributed by atoms with Gasteiger partial charge in [0.25, 0.3) is 0 Å². The van der Waals surface area contributed by atoms with Crippen LogP contribution in [-0.4, -0.2) is 11.7 Å². The van der Waals surface area contributed by atoms with Crippen molar-refractivity contribution in [3.05, 3.63) is 36.8 Å². The monoisotopic (exact) mass is 162 g/mol. The summed E-state index contributed by atoms with van der Waals surface area (Å²) in [6, 6.07) is 5.48. The van der Waals surface area contributed by atoms with Crippen LogP contribution in [0, 0.1) is 0 Å². The van der Waals surface area contributed by atoms with Crippen molar-refractivity contribution < 1.29 is 0 Å². The van der Waals surface area contributed by atoms with Crippen molar-refractivity contribution in [3.8, 4) is 0 Å². The van der Waals surface area contributed by atoms with Gasteiger partial charge in [0.2, 0.25) is 0 Å². The standard InChI is InChI=1S/C8H10N4/c1-10-6-7-12(9)8-4-2-3-5-11-8/h2-7H,1,9H2/b7-6-. The molecule has 4 heteroatoms. The Kier molecular flexibility index (Phi) is 2.98.